The number of rotatable bonds is 9. The minimum absolute atomic E-state index is 0.0505. The van der Waals surface area contributed by atoms with Gasteiger partial charge in [-0.15, -0.1) is 0 Å². The van der Waals surface area contributed by atoms with Crippen LogP contribution in [0.1, 0.15) is 71.8 Å². The minimum Gasteiger partial charge on any atom is -0.467 e. The van der Waals surface area contributed by atoms with E-state index in [4.69, 9.17) is 18.9 Å². The molecule has 4 heterocycles. The van der Waals surface area contributed by atoms with Crippen molar-refractivity contribution >= 4 is 11.7 Å². The van der Waals surface area contributed by atoms with E-state index in [1.54, 1.807) is 7.11 Å². The molecule has 2 N–H and O–H groups in total. The maximum Gasteiger partial charge on any atom is 0.318 e. The summed E-state index contributed by atoms with van der Waals surface area (Å²) < 4.78 is 23.0. The van der Waals surface area contributed by atoms with Gasteiger partial charge in [-0.25, -0.2) is 0 Å². The number of amides is 1. The van der Waals surface area contributed by atoms with Crippen molar-refractivity contribution in [3.63, 3.8) is 0 Å². The molecule has 0 radical (unpaired) electrons. The Bertz CT molecular complexity index is 1150. The van der Waals surface area contributed by atoms with E-state index < -0.39 is 0 Å². The first-order chi connectivity index (χ1) is 19.9. The Labute approximate surface area is 243 Å². The van der Waals surface area contributed by atoms with E-state index in [1.165, 1.54) is 18.2 Å². The fourth-order valence-electron chi connectivity index (χ4n) is 6.09. The normalized spacial score (nSPS) is 25.6. The summed E-state index contributed by atoms with van der Waals surface area (Å²) in [5.74, 6) is 0.529. The number of piperidine rings is 1. The zero-order valence-electron chi connectivity index (χ0n) is 24.9. The van der Waals surface area contributed by atoms with Crippen LogP contribution in [0, 0.1) is 13.8 Å². The van der Waals surface area contributed by atoms with Crippen molar-refractivity contribution in [3.05, 3.63) is 46.6 Å². The van der Waals surface area contributed by atoms with E-state index in [0.29, 0.717) is 43.8 Å². The van der Waals surface area contributed by atoms with Crippen LogP contribution in [-0.2, 0) is 14.2 Å². The van der Waals surface area contributed by atoms with Crippen LogP contribution in [0.3, 0.4) is 0 Å². The molecule has 0 spiro atoms. The Balaban J connectivity index is 1.19. The summed E-state index contributed by atoms with van der Waals surface area (Å²) in [4.78, 5) is 24.5. The summed E-state index contributed by atoms with van der Waals surface area (Å²) in [5, 5.41) is 7.19. The Kier molecular flexibility index (Phi) is 10.1. The predicted molar refractivity (Wildman–Crippen MR) is 157 cm³/mol. The number of likely N-dealkylation sites (tertiary alicyclic amines) is 1. The van der Waals surface area contributed by atoms with Gasteiger partial charge in [0.05, 0.1) is 32.0 Å². The number of carbonyl (C=O) groups excluding carboxylic acids is 1. The molecule has 10 heteroatoms. The van der Waals surface area contributed by atoms with Gasteiger partial charge in [0.1, 0.15) is 11.5 Å². The molecular formula is C31H45N5O5. The van der Waals surface area contributed by atoms with E-state index in [0.717, 1.165) is 50.7 Å². The molecule has 1 amide bonds. The molecule has 4 atom stereocenters. The third-order valence-corrected chi connectivity index (χ3v) is 8.64. The number of anilines is 1. The van der Waals surface area contributed by atoms with Gasteiger partial charge in [-0.2, -0.15) is 9.97 Å². The predicted octanol–water partition coefficient (Wildman–Crippen LogP) is 3.82. The van der Waals surface area contributed by atoms with E-state index in [9.17, 15) is 4.79 Å². The molecule has 1 aromatic heterocycles. The highest BCUT2D eigenvalue weighted by molar-refractivity contribution is 5.95. The van der Waals surface area contributed by atoms with Crippen LogP contribution in [0.15, 0.2) is 24.3 Å². The van der Waals surface area contributed by atoms with Gasteiger partial charge >= 0.3 is 6.01 Å². The molecule has 10 nitrogen and oxygen atoms in total. The number of methoxy groups -OCH3 is 2. The van der Waals surface area contributed by atoms with Crippen molar-refractivity contribution in [3.8, 4) is 6.01 Å². The average molecular weight is 568 g/mol. The number of nitrogens with zero attached hydrogens (tertiary/aromatic N) is 3. The molecule has 3 saturated heterocycles. The minimum atomic E-state index is -0.0844. The lowest BCUT2D eigenvalue weighted by molar-refractivity contribution is -0.0533. The highest BCUT2D eigenvalue weighted by atomic mass is 16.5. The van der Waals surface area contributed by atoms with Gasteiger partial charge in [0.25, 0.3) is 5.91 Å². The summed E-state index contributed by atoms with van der Waals surface area (Å²) in [7, 11) is 3.26. The van der Waals surface area contributed by atoms with E-state index in [-0.39, 0.29) is 36.3 Å². The van der Waals surface area contributed by atoms with Crippen LogP contribution in [0.2, 0.25) is 0 Å². The molecule has 3 fully saturated rings. The largest absolute Gasteiger partial charge is 0.467 e. The van der Waals surface area contributed by atoms with Gasteiger partial charge in [-0.05, 0) is 57.9 Å². The average Bonchev–Trinajstić information content (AvgIpc) is 3.01. The quantitative estimate of drug-likeness (QED) is 0.468. The maximum absolute atomic E-state index is 13.6. The van der Waals surface area contributed by atoms with Gasteiger partial charge in [0.2, 0.25) is 0 Å². The molecule has 2 aromatic rings. The molecule has 3 aliphatic heterocycles. The maximum atomic E-state index is 13.6. The van der Waals surface area contributed by atoms with Gasteiger partial charge in [0.15, 0.2) is 0 Å². The fourth-order valence-corrected chi connectivity index (χ4v) is 6.09. The zero-order chi connectivity index (χ0) is 28.8. The lowest BCUT2D eigenvalue weighted by Gasteiger charge is -2.38. The van der Waals surface area contributed by atoms with Gasteiger partial charge < -0.3 is 34.5 Å². The van der Waals surface area contributed by atoms with Crippen molar-refractivity contribution in [1.82, 2.24) is 20.2 Å². The Morgan fingerprint density at radius 1 is 1.05 bits per heavy atom. The monoisotopic (exact) mass is 567 g/mol. The molecule has 0 unspecified atom stereocenters. The number of hydrogen-bond acceptors (Lipinski definition) is 9. The fraction of sp³-hybridized carbons (Fsp3) is 0.645. The molecular weight excluding hydrogens is 522 g/mol. The third kappa shape index (κ3) is 7.35. The number of carbonyl (C=O) groups is 1. The molecule has 0 saturated carbocycles. The first kappa shape index (κ1) is 29.7. The van der Waals surface area contributed by atoms with Crippen molar-refractivity contribution in [2.24, 2.45) is 0 Å². The summed E-state index contributed by atoms with van der Waals surface area (Å²) >= 11 is 0. The molecule has 0 bridgehead atoms. The van der Waals surface area contributed by atoms with Gasteiger partial charge in [-0.1, -0.05) is 29.8 Å². The number of hydrogen-bond donors (Lipinski definition) is 2. The standard InChI is InChI=1S/C31H45N5O5/c1-20-8-10-22(11-9-20)26-7-5-6-24(41-26)18-32-29-21(2)28(34-31(35-29)39-4)30(37)36-15-12-23(13-16-36)33-25-14-17-40-19-27(25)38-3/h8-11,23-27,33H,5-7,12-19H2,1-4H3,(H,32,34,35)/t24-,25+,26+,27-/m1/s1. The van der Waals surface area contributed by atoms with Crippen molar-refractivity contribution in [2.45, 2.75) is 82.8 Å². The van der Waals surface area contributed by atoms with Crippen LogP contribution >= 0.6 is 0 Å². The highest BCUT2D eigenvalue weighted by Gasteiger charge is 2.32. The number of benzene rings is 1. The van der Waals surface area contributed by atoms with Gasteiger partial charge in [-0.3, -0.25) is 4.79 Å². The molecule has 1 aromatic carbocycles. The number of aryl methyl sites for hydroxylation is 1. The number of ether oxygens (including phenoxy) is 4. The summed E-state index contributed by atoms with van der Waals surface area (Å²) in [6, 6.07) is 9.40. The third-order valence-electron chi connectivity index (χ3n) is 8.64. The highest BCUT2D eigenvalue weighted by Crippen LogP contribution is 2.32. The molecule has 5 rings (SSSR count). The van der Waals surface area contributed by atoms with Crippen LogP contribution in [0.25, 0.3) is 0 Å². The topological polar surface area (TPSA) is 107 Å². The second-order valence-electron chi connectivity index (χ2n) is 11.5. The van der Waals surface area contributed by atoms with Crippen LogP contribution in [-0.4, -0.2) is 92.1 Å². The van der Waals surface area contributed by atoms with E-state index >= 15 is 0 Å². The summed E-state index contributed by atoms with van der Waals surface area (Å²) in [6.45, 7) is 7.31. The lowest BCUT2D eigenvalue weighted by atomic mass is 9.97. The van der Waals surface area contributed by atoms with Crippen molar-refractivity contribution in [1.29, 1.82) is 0 Å². The van der Waals surface area contributed by atoms with E-state index in [1.807, 2.05) is 11.8 Å². The lowest BCUT2D eigenvalue weighted by Crippen LogP contribution is -2.54. The summed E-state index contributed by atoms with van der Waals surface area (Å²) in [5.41, 5.74) is 3.58. The van der Waals surface area contributed by atoms with Gasteiger partial charge in [0, 0.05) is 51.0 Å². The summed E-state index contributed by atoms with van der Waals surface area (Å²) in [6.07, 6.45) is 6.01. The Morgan fingerprint density at radius 2 is 1.83 bits per heavy atom. The first-order valence-electron chi connectivity index (χ1n) is 15.0. The van der Waals surface area contributed by atoms with Crippen LogP contribution in [0.4, 0.5) is 5.82 Å². The number of nitrogens with one attached hydrogen (secondary N) is 2. The second-order valence-corrected chi connectivity index (χ2v) is 11.5. The Morgan fingerprint density at radius 3 is 2.56 bits per heavy atom. The number of aromatic nitrogens is 2. The SMILES string of the molecule is COc1nc(NC[C@H]2CCC[C@@H](c3ccc(C)cc3)O2)c(C)c(C(=O)N2CCC(N[C@H]3CCOC[C@H]3OC)CC2)n1. The molecule has 41 heavy (non-hydrogen) atoms. The van der Waals surface area contributed by atoms with E-state index in [2.05, 4.69) is 51.8 Å². The van der Waals surface area contributed by atoms with Crippen molar-refractivity contribution < 1.29 is 23.7 Å². The molecule has 3 aliphatic rings. The smallest absolute Gasteiger partial charge is 0.318 e. The van der Waals surface area contributed by atoms with Crippen molar-refractivity contribution in [2.75, 3.05) is 52.4 Å². The molecule has 224 valence electrons. The first-order valence-corrected chi connectivity index (χ1v) is 15.0. The molecule has 0 aliphatic carbocycles. The zero-order valence-corrected chi connectivity index (χ0v) is 24.9. The second kappa shape index (κ2) is 13.9. The van der Waals surface area contributed by atoms with Crippen LogP contribution in [0.5, 0.6) is 6.01 Å². The Hall–Kier alpha value is -2.79. The van der Waals surface area contributed by atoms with Crippen LogP contribution < -0.4 is 15.4 Å².